The molecule has 0 spiro atoms. The Morgan fingerprint density at radius 1 is 1.07 bits per heavy atom. The lowest BCUT2D eigenvalue weighted by Gasteiger charge is -2.15. The number of amides is 2. The van der Waals surface area contributed by atoms with Crippen LogP contribution in [0.1, 0.15) is 22.3 Å². The largest absolute Gasteiger partial charge is 0.416 e. The summed E-state index contributed by atoms with van der Waals surface area (Å²) in [6.07, 6.45) is -4.64. The lowest BCUT2D eigenvalue weighted by atomic mass is 10.1. The van der Waals surface area contributed by atoms with Crippen molar-refractivity contribution < 1.29 is 31.2 Å². The van der Waals surface area contributed by atoms with Gasteiger partial charge >= 0.3 is 6.18 Å². The maximum atomic E-state index is 12.7. The topological polar surface area (TPSA) is 83.6 Å². The number of rotatable bonds is 3. The fraction of sp³-hybridized carbons (Fsp3) is 0.176. The Kier molecular flexibility index (Phi) is 4.68. The molecule has 1 N–H and O–H groups in total. The van der Waals surface area contributed by atoms with Crippen LogP contribution in [0.2, 0.25) is 0 Å². The van der Waals surface area contributed by atoms with E-state index in [4.69, 9.17) is 0 Å². The molecule has 27 heavy (non-hydrogen) atoms. The zero-order valence-electron chi connectivity index (χ0n) is 13.7. The lowest BCUT2D eigenvalue weighted by Crippen LogP contribution is -2.29. The molecule has 0 unspecified atom stereocenters. The number of hydrogen-bond acceptors (Lipinski definition) is 4. The van der Waals surface area contributed by atoms with Crippen molar-refractivity contribution in [1.82, 2.24) is 0 Å². The van der Waals surface area contributed by atoms with Crippen LogP contribution in [0.15, 0.2) is 48.5 Å². The van der Waals surface area contributed by atoms with Crippen LogP contribution >= 0.6 is 0 Å². The van der Waals surface area contributed by atoms with Gasteiger partial charge in [-0.25, -0.2) is 12.7 Å². The van der Waals surface area contributed by atoms with E-state index < -0.39 is 33.6 Å². The number of benzene rings is 2. The molecule has 0 radical (unpaired) electrons. The molecular formula is C17H13F3N2O4S. The highest BCUT2D eigenvalue weighted by Crippen LogP contribution is 2.31. The van der Waals surface area contributed by atoms with Gasteiger partial charge in [0.2, 0.25) is 15.9 Å². The van der Waals surface area contributed by atoms with Crippen LogP contribution in [0.3, 0.4) is 0 Å². The standard InChI is InChI=1S/C17H13F3N2O4S/c18-17(19,20)12-2-1-3-13(10-12)21-16(24)11-4-6-14(7-5-11)22-15(23)8-9-27(22,25)26/h1-7,10H,8-9H2,(H,21,24). The minimum Gasteiger partial charge on any atom is -0.322 e. The highest BCUT2D eigenvalue weighted by atomic mass is 32.2. The highest BCUT2D eigenvalue weighted by Gasteiger charge is 2.36. The van der Waals surface area contributed by atoms with Gasteiger partial charge < -0.3 is 5.32 Å². The first-order valence-electron chi connectivity index (χ1n) is 7.72. The third-order valence-electron chi connectivity index (χ3n) is 3.89. The second-order valence-corrected chi connectivity index (χ2v) is 7.74. The summed E-state index contributed by atoms with van der Waals surface area (Å²) >= 11 is 0. The molecule has 2 aromatic rings. The third kappa shape index (κ3) is 3.95. The van der Waals surface area contributed by atoms with Gasteiger partial charge in [0, 0.05) is 17.7 Å². The Labute approximate surface area is 152 Å². The Hall–Kier alpha value is -2.88. The van der Waals surface area contributed by atoms with E-state index in [9.17, 15) is 31.2 Å². The van der Waals surface area contributed by atoms with Crippen molar-refractivity contribution in [3.8, 4) is 0 Å². The van der Waals surface area contributed by atoms with Crippen LogP contribution in [0.5, 0.6) is 0 Å². The molecule has 0 aromatic heterocycles. The summed E-state index contributed by atoms with van der Waals surface area (Å²) in [5.41, 5.74) is -0.724. The smallest absolute Gasteiger partial charge is 0.322 e. The van der Waals surface area contributed by atoms with Crippen molar-refractivity contribution in [3.63, 3.8) is 0 Å². The normalized spacial score (nSPS) is 16.4. The van der Waals surface area contributed by atoms with Gasteiger partial charge in [-0.15, -0.1) is 0 Å². The number of halogens is 3. The molecule has 1 aliphatic rings. The minimum atomic E-state index is -4.53. The second-order valence-electron chi connectivity index (χ2n) is 5.80. The van der Waals surface area contributed by atoms with Crippen molar-refractivity contribution in [2.75, 3.05) is 15.4 Å². The summed E-state index contributed by atoms with van der Waals surface area (Å²) in [5, 5.41) is 2.35. The fourth-order valence-electron chi connectivity index (χ4n) is 2.59. The highest BCUT2D eigenvalue weighted by molar-refractivity contribution is 7.94. The first-order chi connectivity index (χ1) is 12.6. The van der Waals surface area contributed by atoms with Gasteiger partial charge in [0.05, 0.1) is 17.0 Å². The number of alkyl halides is 3. The monoisotopic (exact) mass is 398 g/mol. The number of carbonyl (C=O) groups is 2. The Bertz CT molecular complexity index is 1000. The molecule has 2 amide bonds. The molecule has 0 saturated carbocycles. The molecule has 10 heteroatoms. The Balaban J connectivity index is 1.78. The Morgan fingerprint density at radius 2 is 1.74 bits per heavy atom. The number of anilines is 2. The van der Waals surface area contributed by atoms with Gasteiger partial charge in [0.15, 0.2) is 0 Å². The first kappa shape index (κ1) is 18.9. The van der Waals surface area contributed by atoms with Gasteiger partial charge in [0.1, 0.15) is 0 Å². The van der Waals surface area contributed by atoms with Crippen molar-refractivity contribution in [2.45, 2.75) is 12.6 Å². The quantitative estimate of drug-likeness (QED) is 0.862. The van der Waals surface area contributed by atoms with E-state index in [0.29, 0.717) is 4.31 Å². The molecule has 1 fully saturated rings. The summed E-state index contributed by atoms with van der Waals surface area (Å²) in [6.45, 7) is 0. The molecule has 0 aliphatic carbocycles. The van der Waals surface area contributed by atoms with Crippen LogP contribution in [0.25, 0.3) is 0 Å². The molecule has 142 valence electrons. The second kappa shape index (κ2) is 6.69. The van der Waals surface area contributed by atoms with E-state index in [-0.39, 0.29) is 29.1 Å². The van der Waals surface area contributed by atoms with Crippen LogP contribution < -0.4 is 9.62 Å². The lowest BCUT2D eigenvalue weighted by molar-refractivity contribution is -0.137. The van der Waals surface area contributed by atoms with Crippen molar-refractivity contribution >= 4 is 33.2 Å². The van der Waals surface area contributed by atoms with Crippen LogP contribution in [0, 0.1) is 0 Å². The number of nitrogens with one attached hydrogen (secondary N) is 1. The molecule has 6 nitrogen and oxygen atoms in total. The van der Waals surface area contributed by atoms with Gasteiger partial charge in [-0.05, 0) is 42.5 Å². The SMILES string of the molecule is O=C(Nc1cccc(C(F)(F)F)c1)c1ccc(N2C(=O)CCS2(=O)=O)cc1. The number of carbonyl (C=O) groups excluding carboxylic acids is 2. The molecule has 0 atom stereocenters. The number of sulfonamides is 1. The maximum absolute atomic E-state index is 12.7. The summed E-state index contributed by atoms with van der Waals surface area (Å²) in [5.74, 6) is -1.50. The van der Waals surface area contributed by atoms with Gasteiger partial charge in [-0.3, -0.25) is 9.59 Å². The van der Waals surface area contributed by atoms with Crippen LogP contribution in [-0.4, -0.2) is 26.0 Å². The van der Waals surface area contributed by atoms with Gasteiger partial charge in [-0.2, -0.15) is 13.2 Å². The summed E-state index contributed by atoms with van der Waals surface area (Å²) in [4.78, 5) is 23.9. The molecule has 1 saturated heterocycles. The maximum Gasteiger partial charge on any atom is 0.416 e. The number of hydrogen-bond donors (Lipinski definition) is 1. The van der Waals surface area contributed by atoms with E-state index in [2.05, 4.69) is 5.32 Å². The summed E-state index contributed by atoms with van der Waals surface area (Å²) in [6, 6.07) is 9.35. The molecule has 1 heterocycles. The number of nitrogens with zero attached hydrogens (tertiary/aromatic N) is 1. The van der Waals surface area contributed by atoms with Gasteiger partial charge in [-0.1, -0.05) is 6.07 Å². The third-order valence-corrected chi connectivity index (χ3v) is 5.58. The van der Waals surface area contributed by atoms with E-state index in [1.165, 1.54) is 36.4 Å². The van der Waals surface area contributed by atoms with E-state index >= 15 is 0 Å². The summed E-state index contributed by atoms with van der Waals surface area (Å²) < 4.78 is 62.6. The van der Waals surface area contributed by atoms with Crippen LogP contribution in [-0.2, 0) is 21.0 Å². The van der Waals surface area contributed by atoms with Crippen molar-refractivity contribution in [1.29, 1.82) is 0 Å². The van der Waals surface area contributed by atoms with E-state index in [0.717, 1.165) is 12.1 Å². The first-order valence-corrected chi connectivity index (χ1v) is 9.33. The zero-order valence-corrected chi connectivity index (χ0v) is 14.5. The molecular weight excluding hydrogens is 385 g/mol. The zero-order chi connectivity index (χ0) is 19.8. The molecule has 1 aliphatic heterocycles. The summed E-state index contributed by atoms with van der Waals surface area (Å²) in [7, 11) is -3.71. The predicted octanol–water partition coefficient (Wildman–Crippen LogP) is 3.02. The molecule has 3 rings (SSSR count). The average Bonchev–Trinajstić information content (AvgIpc) is 2.87. The van der Waals surface area contributed by atoms with Gasteiger partial charge in [0.25, 0.3) is 5.91 Å². The van der Waals surface area contributed by atoms with E-state index in [1.807, 2.05) is 0 Å². The van der Waals surface area contributed by atoms with E-state index in [1.54, 1.807) is 0 Å². The minimum absolute atomic E-state index is 0.0313. The Morgan fingerprint density at radius 3 is 2.30 bits per heavy atom. The van der Waals surface area contributed by atoms with Crippen molar-refractivity contribution in [2.24, 2.45) is 0 Å². The molecule has 2 aromatic carbocycles. The average molecular weight is 398 g/mol. The van der Waals surface area contributed by atoms with Crippen LogP contribution in [0.4, 0.5) is 24.5 Å². The molecule has 0 bridgehead atoms. The predicted molar refractivity (Wildman–Crippen MR) is 91.7 cm³/mol. The fourth-order valence-corrected chi connectivity index (χ4v) is 4.05. The van der Waals surface area contributed by atoms with Crippen molar-refractivity contribution in [3.05, 3.63) is 59.7 Å².